The topological polar surface area (TPSA) is 29.1 Å². The first-order valence-corrected chi connectivity index (χ1v) is 4.77. The molecule has 0 saturated heterocycles. The summed E-state index contributed by atoms with van der Waals surface area (Å²) in [6.07, 6.45) is -1.65. The second-order valence-electron chi connectivity index (χ2n) is 3.18. The maximum Gasteiger partial charge on any atom is 0.255 e. The summed E-state index contributed by atoms with van der Waals surface area (Å²) in [5.41, 5.74) is 1.03. The van der Waals surface area contributed by atoms with Gasteiger partial charge in [0.2, 0.25) is 5.91 Å². The Morgan fingerprint density at radius 2 is 1.93 bits per heavy atom. The molecule has 1 rings (SSSR count). The molecule has 0 aliphatic carbocycles. The van der Waals surface area contributed by atoms with Gasteiger partial charge in [0.15, 0.2) is 0 Å². The van der Waals surface area contributed by atoms with Crippen LogP contribution in [0.1, 0.15) is 12.0 Å². The molecule has 82 valence electrons. The third kappa shape index (κ3) is 5.10. The van der Waals surface area contributed by atoms with E-state index < -0.39 is 13.0 Å². The average molecular weight is 213 g/mol. The normalized spacial score (nSPS) is 10.3. The summed E-state index contributed by atoms with van der Waals surface area (Å²) in [7, 11) is 0. The molecule has 0 aromatic heterocycles. The standard InChI is InChI=1S/C11H13F2NO/c12-10(13)8-14-11(15)7-6-9-4-2-1-3-5-9/h1-5,10H,6-8H2,(H,14,15). The number of benzene rings is 1. The van der Waals surface area contributed by atoms with Crippen molar-refractivity contribution in [2.45, 2.75) is 19.3 Å². The summed E-state index contributed by atoms with van der Waals surface area (Å²) in [5, 5.41) is 2.16. The molecule has 0 bridgehead atoms. The van der Waals surface area contributed by atoms with Crippen molar-refractivity contribution in [2.75, 3.05) is 6.54 Å². The van der Waals surface area contributed by atoms with Crippen LogP contribution in [-0.2, 0) is 11.2 Å². The molecular formula is C11H13F2NO. The number of carbonyl (C=O) groups excluding carboxylic acids is 1. The second kappa shape index (κ2) is 6.11. The molecule has 2 nitrogen and oxygen atoms in total. The number of aryl methyl sites for hydroxylation is 1. The molecule has 1 N–H and O–H groups in total. The number of nitrogens with one attached hydrogen (secondary N) is 1. The van der Waals surface area contributed by atoms with E-state index in [9.17, 15) is 13.6 Å². The number of rotatable bonds is 5. The van der Waals surface area contributed by atoms with Crippen molar-refractivity contribution in [3.63, 3.8) is 0 Å². The maximum absolute atomic E-state index is 11.7. The molecule has 0 aliphatic rings. The van der Waals surface area contributed by atoms with E-state index in [4.69, 9.17) is 0 Å². The zero-order valence-corrected chi connectivity index (χ0v) is 8.25. The Morgan fingerprint density at radius 1 is 1.27 bits per heavy atom. The SMILES string of the molecule is O=C(CCc1ccccc1)NCC(F)F. The Bertz CT molecular complexity index is 301. The Hall–Kier alpha value is -1.45. The highest BCUT2D eigenvalue weighted by molar-refractivity contribution is 5.76. The van der Waals surface area contributed by atoms with Crippen molar-refractivity contribution >= 4 is 5.91 Å². The number of hydrogen-bond donors (Lipinski definition) is 1. The summed E-state index contributed by atoms with van der Waals surface area (Å²) >= 11 is 0. The van der Waals surface area contributed by atoms with Gasteiger partial charge in [-0.1, -0.05) is 30.3 Å². The van der Waals surface area contributed by atoms with Crippen molar-refractivity contribution in [1.82, 2.24) is 5.32 Å². The van der Waals surface area contributed by atoms with E-state index in [1.54, 1.807) is 0 Å². The van der Waals surface area contributed by atoms with E-state index in [2.05, 4.69) is 5.32 Å². The first kappa shape index (κ1) is 11.6. The number of hydrogen-bond acceptors (Lipinski definition) is 1. The molecule has 0 saturated carbocycles. The highest BCUT2D eigenvalue weighted by atomic mass is 19.3. The van der Waals surface area contributed by atoms with Crippen LogP contribution in [0.25, 0.3) is 0 Å². The van der Waals surface area contributed by atoms with Crippen LogP contribution in [0.4, 0.5) is 8.78 Å². The number of carbonyl (C=O) groups is 1. The Kier molecular flexibility index (Phi) is 4.74. The minimum absolute atomic E-state index is 0.247. The van der Waals surface area contributed by atoms with Crippen LogP contribution < -0.4 is 5.32 Å². The second-order valence-corrected chi connectivity index (χ2v) is 3.18. The monoisotopic (exact) mass is 213 g/mol. The minimum Gasteiger partial charge on any atom is -0.350 e. The lowest BCUT2D eigenvalue weighted by molar-refractivity contribution is -0.121. The fourth-order valence-corrected chi connectivity index (χ4v) is 1.18. The largest absolute Gasteiger partial charge is 0.350 e. The molecule has 0 unspecified atom stereocenters. The van der Waals surface area contributed by atoms with Crippen LogP contribution >= 0.6 is 0 Å². The highest BCUT2D eigenvalue weighted by Gasteiger charge is 2.06. The van der Waals surface area contributed by atoms with Crippen molar-refractivity contribution in [3.05, 3.63) is 35.9 Å². The first-order valence-electron chi connectivity index (χ1n) is 4.77. The van der Waals surface area contributed by atoms with Gasteiger partial charge in [0.1, 0.15) is 0 Å². The molecule has 15 heavy (non-hydrogen) atoms. The molecule has 1 aromatic carbocycles. The first-order chi connectivity index (χ1) is 7.18. The fraction of sp³-hybridized carbons (Fsp3) is 0.364. The van der Waals surface area contributed by atoms with Gasteiger partial charge < -0.3 is 5.32 Å². The zero-order chi connectivity index (χ0) is 11.1. The lowest BCUT2D eigenvalue weighted by Gasteiger charge is -2.04. The van der Waals surface area contributed by atoms with E-state index >= 15 is 0 Å². The van der Waals surface area contributed by atoms with Gasteiger partial charge in [0.05, 0.1) is 6.54 Å². The molecule has 0 spiro atoms. The number of alkyl halides is 2. The maximum atomic E-state index is 11.7. The van der Waals surface area contributed by atoms with Gasteiger partial charge in [-0.25, -0.2) is 8.78 Å². The molecule has 0 aliphatic heterocycles. The van der Waals surface area contributed by atoms with Crippen LogP contribution in [0.3, 0.4) is 0 Å². The molecule has 1 amide bonds. The van der Waals surface area contributed by atoms with Crippen molar-refractivity contribution in [1.29, 1.82) is 0 Å². The number of halogens is 2. The molecule has 0 fully saturated rings. The molecule has 1 aromatic rings. The lowest BCUT2D eigenvalue weighted by Crippen LogP contribution is -2.28. The van der Waals surface area contributed by atoms with Gasteiger partial charge in [-0.15, -0.1) is 0 Å². The summed E-state index contributed by atoms with van der Waals surface area (Å²) < 4.78 is 23.5. The highest BCUT2D eigenvalue weighted by Crippen LogP contribution is 2.02. The predicted molar refractivity (Wildman–Crippen MR) is 53.8 cm³/mol. The van der Waals surface area contributed by atoms with Crippen LogP contribution in [0.15, 0.2) is 30.3 Å². The van der Waals surface area contributed by atoms with Gasteiger partial charge in [-0.2, -0.15) is 0 Å². The summed E-state index contributed by atoms with van der Waals surface area (Å²) in [5.74, 6) is -0.334. The molecule has 0 heterocycles. The summed E-state index contributed by atoms with van der Waals surface area (Å²) in [6, 6.07) is 9.46. The van der Waals surface area contributed by atoms with E-state index in [0.29, 0.717) is 6.42 Å². The van der Waals surface area contributed by atoms with Crippen LogP contribution in [-0.4, -0.2) is 18.9 Å². The molecule has 0 atom stereocenters. The average Bonchev–Trinajstić information content (AvgIpc) is 2.25. The van der Waals surface area contributed by atoms with Crippen molar-refractivity contribution < 1.29 is 13.6 Å². The van der Waals surface area contributed by atoms with Gasteiger partial charge >= 0.3 is 0 Å². The minimum atomic E-state index is -2.48. The Balaban J connectivity index is 2.23. The van der Waals surface area contributed by atoms with Gasteiger partial charge in [-0.3, -0.25) is 4.79 Å². The van der Waals surface area contributed by atoms with E-state index in [1.807, 2.05) is 30.3 Å². The zero-order valence-electron chi connectivity index (χ0n) is 8.25. The van der Waals surface area contributed by atoms with E-state index in [-0.39, 0.29) is 12.3 Å². The van der Waals surface area contributed by atoms with Crippen LogP contribution in [0, 0.1) is 0 Å². The van der Waals surface area contributed by atoms with Crippen molar-refractivity contribution in [2.24, 2.45) is 0 Å². The lowest BCUT2D eigenvalue weighted by atomic mass is 10.1. The third-order valence-corrected chi connectivity index (χ3v) is 1.94. The summed E-state index contributed by atoms with van der Waals surface area (Å²) in [4.78, 5) is 11.1. The van der Waals surface area contributed by atoms with Crippen LogP contribution in [0.5, 0.6) is 0 Å². The fourth-order valence-electron chi connectivity index (χ4n) is 1.18. The predicted octanol–water partition coefficient (Wildman–Crippen LogP) is 2.00. The third-order valence-electron chi connectivity index (χ3n) is 1.94. The summed E-state index contributed by atoms with van der Waals surface area (Å²) in [6.45, 7) is -0.562. The molecule has 0 radical (unpaired) electrons. The van der Waals surface area contributed by atoms with Gasteiger partial charge in [0.25, 0.3) is 6.43 Å². The smallest absolute Gasteiger partial charge is 0.255 e. The van der Waals surface area contributed by atoms with Gasteiger partial charge in [0, 0.05) is 6.42 Å². The Labute approximate surface area is 87.3 Å². The molecular weight excluding hydrogens is 200 g/mol. The quantitative estimate of drug-likeness (QED) is 0.796. The van der Waals surface area contributed by atoms with Crippen molar-refractivity contribution in [3.8, 4) is 0 Å². The molecule has 4 heteroatoms. The van der Waals surface area contributed by atoms with Gasteiger partial charge in [-0.05, 0) is 12.0 Å². The van der Waals surface area contributed by atoms with Crippen LogP contribution in [0.2, 0.25) is 0 Å². The number of amides is 1. The van der Waals surface area contributed by atoms with E-state index in [1.165, 1.54) is 0 Å². The Morgan fingerprint density at radius 3 is 2.53 bits per heavy atom. The van der Waals surface area contributed by atoms with E-state index in [0.717, 1.165) is 5.56 Å².